The first-order valence-electron chi connectivity index (χ1n) is 12.1. The van der Waals surface area contributed by atoms with Gasteiger partial charge in [0.15, 0.2) is 22.5 Å². The molecule has 1 N–H and O–H groups in total. The number of amides is 2. The Bertz CT molecular complexity index is 1460. The molecular weight excluding hydrogens is 502 g/mol. The van der Waals surface area contributed by atoms with Gasteiger partial charge in [0.25, 0.3) is 5.91 Å². The van der Waals surface area contributed by atoms with Crippen LogP contribution in [-0.2, 0) is 17.8 Å². The number of anilines is 1. The van der Waals surface area contributed by atoms with Crippen LogP contribution in [0.5, 0.6) is 11.5 Å². The predicted octanol–water partition coefficient (Wildman–Crippen LogP) is 3.90. The number of methoxy groups -OCH3 is 2. The molecule has 0 fully saturated rings. The molecule has 1 aromatic heterocycles. The number of hydrogen-bond donors (Lipinski definition) is 1. The van der Waals surface area contributed by atoms with Crippen LogP contribution in [0.25, 0.3) is 5.69 Å². The molecule has 9 nitrogen and oxygen atoms in total. The van der Waals surface area contributed by atoms with Crippen molar-refractivity contribution >= 4 is 29.3 Å². The third kappa shape index (κ3) is 5.21. The fourth-order valence-electron chi connectivity index (χ4n) is 4.39. The molecule has 4 aromatic rings. The van der Waals surface area contributed by atoms with Crippen LogP contribution in [0.1, 0.15) is 21.7 Å². The van der Waals surface area contributed by atoms with Crippen molar-refractivity contribution < 1.29 is 19.1 Å². The Labute approximate surface area is 224 Å². The molecule has 2 amide bonds. The minimum absolute atomic E-state index is 0.0193. The molecule has 0 aliphatic carbocycles. The summed E-state index contributed by atoms with van der Waals surface area (Å²) < 4.78 is 12.4. The Kier molecular flexibility index (Phi) is 7.60. The van der Waals surface area contributed by atoms with Gasteiger partial charge in [0.1, 0.15) is 0 Å². The zero-order valence-electron chi connectivity index (χ0n) is 21.1. The molecule has 1 aliphatic heterocycles. The van der Waals surface area contributed by atoms with E-state index in [0.717, 1.165) is 17.8 Å². The van der Waals surface area contributed by atoms with Gasteiger partial charge in [0.05, 0.1) is 26.5 Å². The molecule has 5 rings (SSSR count). The molecule has 0 atom stereocenters. The Hall–Kier alpha value is -4.31. The van der Waals surface area contributed by atoms with Crippen molar-refractivity contribution in [2.45, 2.75) is 18.1 Å². The molecule has 0 saturated heterocycles. The van der Waals surface area contributed by atoms with Gasteiger partial charge in [-0.25, -0.2) is 0 Å². The lowest BCUT2D eigenvalue weighted by Gasteiger charge is -2.17. The first-order chi connectivity index (χ1) is 18.6. The number of ether oxygens (including phenoxy) is 2. The maximum absolute atomic E-state index is 13.1. The van der Waals surface area contributed by atoms with E-state index in [2.05, 4.69) is 21.6 Å². The van der Waals surface area contributed by atoms with Gasteiger partial charge in [-0.2, -0.15) is 0 Å². The summed E-state index contributed by atoms with van der Waals surface area (Å²) in [5.74, 6) is 1.51. The van der Waals surface area contributed by atoms with Gasteiger partial charge in [-0.15, -0.1) is 10.2 Å². The summed E-state index contributed by atoms with van der Waals surface area (Å²) >= 11 is 1.33. The Morgan fingerprint density at radius 3 is 2.50 bits per heavy atom. The van der Waals surface area contributed by atoms with E-state index >= 15 is 0 Å². The summed E-state index contributed by atoms with van der Waals surface area (Å²) in [7, 11) is 3.06. The minimum Gasteiger partial charge on any atom is -0.493 e. The summed E-state index contributed by atoms with van der Waals surface area (Å²) in [6.07, 6.45) is 0.858. The number of thioether (sulfide) groups is 1. The molecule has 0 spiro atoms. The zero-order chi connectivity index (χ0) is 26.5. The molecule has 3 aromatic carbocycles. The maximum Gasteiger partial charge on any atom is 0.251 e. The summed E-state index contributed by atoms with van der Waals surface area (Å²) in [6, 6.07) is 22.6. The fourth-order valence-corrected chi connectivity index (χ4v) is 5.23. The van der Waals surface area contributed by atoms with E-state index in [9.17, 15) is 9.59 Å². The molecule has 38 heavy (non-hydrogen) atoms. The summed E-state index contributed by atoms with van der Waals surface area (Å²) in [4.78, 5) is 27.8. The zero-order valence-corrected chi connectivity index (χ0v) is 21.9. The molecule has 0 unspecified atom stereocenters. The van der Waals surface area contributed by atoms with Gasteiger partial charge in [-0.3, -0.25) is 14.2 Å². The van der Waals surface area contributed by atoms with Crippen LogP contribution in [0.4, 0.5) is 5.69 Å². The van der Waals surface area contributed by atoms with Crippen molar-refractivity contribution in [2.75, 3.05) is 31.4 Å². The summed E-state index contributed by atoms with van der Waals surface area (Å²) in [5, 5.41) is 12.2. The van der Waals surface area contributed by atoms with E-state index in [1.165, 1.54) is 24.4 Å². The molecule has 10 heteroatoms. The second-order valence-electron chi connectivity index (χ2n) is 8.53. The van der Waals surface area contributed by atoms with Gasteiger partial charge < -0.3 is 19.7 Å². The Morgan fingerprint density at radius 1 is 0.947 bits per heavy atom. The Morgan fingerprint density at radius 2 is 1.71 bits per heavy atom. The average Bonchev–Trinajstić information content (AvgIpc) is 3.59. The monoisotopic (exact) mass is 529 g/mol. The number of nitrogens with zero attached hydrogens (tertiary/aromatic N) is 4. The SMILES string of the molecule is COc1ccc(C(=O)NCc2nnc(SCC(=O)N3CCc4ccccc43)n2-c2ccccc2)cc1OC. The number of para-hydroxylation sites is 2. The average molecular weight is 530 g/mol. The van der Waals surface area contributed by atoms with Crippen LogP contribution in [-0.4, -0.2) is 53.1 Å². The van der Waals surface area contributed by atoms with Gasteiger partial charge in [-0.05, 0) is 48.4 Å². The van der Waals surface area contributed by atoms with Crippen molar-refractivity contribution in [1.82, 2.24) is 20.1 Å². The molecule has 1 aliphatic rings. The molecule has 0 radical (unpaired) electrons. The largest absolute Gasteiger partial charge is 0.493 e. The highest BCUT2D eigenvalue weighted by Crippen LogP contribution is 2.30. The number of hydrogen-bond acceptors (Lipinski definition) is 7. The van der Waals surface area contributed by atoms with E-state index in [1.54, 1.807) is 25.3 Å². The molecule has 0 saturated carbocycles. The topological polar surface area (TPSA) is 98.6 Å². The van der Waals surface area contributed by atoms with E-state index in [-0.39, 0.29) is 24.1 Å². The lowest BCUT2D eigenvalue weighted by Crippen LogP contribution is -2.30. The van der Waals surface area contributed by atoms with Crippen molar-refractivity contribution in [1.29, 1.82) is 0 Å². The lowest BCUT2D eigenvalue weighted by molar-refractivity contribution is -0.116. The first kappa shape index (κ1) is 25.3. The third-order valence-electron chi connectivity index (χ3n) is 6.28. The highest BCUT2D eigenvalue weighted by Gasteiger charge is 2.25. The third-order valence-corrected chi connectivity index (χ3v) is 7.19. The lowest BCUT2D eigenvalue weighted by atomic mass is 10.2. The quantitative estimate of drug-likeness (QED) is 0.329. The van der Waals surface area contributed by atoms with Gasteiger partial charge in [-0.1, -0.05) is 48.2 Å². The number of carbonyl (C=O) groups excluding carboxylic acids is 2. The minimum atomic E-state index is -0.286. The number of fused-ring (bicyclic) bond motifs is 1. The molecular formula is C28H27N5O4S. The van der Waals surface area contributed by atoms with Crippen molar-refractivity contribution in [2.24, 2.45) is 0 Å². The predicted molar refractivity (Wildman–Crippen MR) is 145 cm³/mol. The smallest absolute Gasteiger partial charge is 0.251 e. The number of benzene rings is 3. The summed E-state index contributed by atoms with van der Waals surface area (Å²) in [6.45, 7) is 0.820. The summed E-state index contributed by atoms with van der Waals surface area (Å²) in [5.41, 5.74) is 3.43. The molecule has 194 valence electrons. The number of aromatic nitrogens is 3. The van der Waals surface area contributed by atoms with Crippen molar-refractivity contribution in [3.63, 3.8) is 0 Å². The number of rotatable bonds is 9. The maximum atomic E-state index is 13.1. The second-order valence-corrected chi connectivity index (χ2v) is 9.48. The van der Waals surface area contributed by atoms with Crippen LogP contribution in [0.2, 0.25) is 0 Å². The Balaban J connectivity index is 1.32. The second kappa shape index (κ2) is 11.4. The van der Waals surface area contributed by atoms with Gasteiger partial charge in [0, 0.05) is 23.5 Å². The van der Waals surface area contributed by atoms with E-state index < -0.39 is 0 Å². The van der Waals surface area contributed by atoms with E-state index in [4.69, 9.17) is 9.47 Å². The van der Waals surface area contributed by atoms with Crippen LogP contribution < -0.4 is 19.7 Å². The van der Waals surface area contributed by atoms with Gasteiger partial charge >= 0.3 is 0 Å². The van der Waals surface area contributed by atoms with E-state index in [1.807, 2.05) is 58.0 Å². The first-order valence-corrected chi connectivity index (χ1v) is 13.1. The van der Waals surface area contributed by atoms with E-state index in [0.29, 0.717) is 34.6 Å². The number of nitrogens with one attached hydrogen (secondary N) is 1. The van der Waals surface area contributed by atoms with Gasteiger partial charge in [0.2, 0.25) is 5.91 Å². The van der Waals surface area contributed by atoms with Crippen LogP contribution in [0.3, 0.4) is 0 Å². The van der Waals surface area contributed by atoms with Crippen molar-refractivity contribution in [3.05, 3.63) is 89.7 Å². The van der Waals surface area contributed by atoms with Crippen LogP contribution in [0.15, 0.2) is 78.0 Å². The molecule has 2 heterocycles. The standard InChI is InChI=1S/C28H27N5O4S/c1-36-23-13-12-20(16-24(23)37-2)27(35)29-17-25-30-31-28(33(25)21-9-4-3-5-10-21)38-18-26(34)32-15-14-19-8-6-7-11-22(19)32/h3-13,16H,14-15,17-18H2,1-2H3,(H,29,35). The highest BCUT2D eigenvalue weighted by atomic mass is 32.2. The van der Waals surface area contributed by atoms with Crippen LogP contribution in [0, 0.1) is 0 Å². The van der Waals surface area contributed by atoms with Crippen LogP contribution >= 0.6 is 11.8 Å². The fraction of sp³-hybridized carbons (Fsp3) is 0.214. The number of carbonyl (C=O) groups is 2. The normalized spacial score (nSPS) is 12.2. The van der Waals surface area contributed by atoms with Crippen molar-refractivity contribution in [3.8, 4) is 17.2 Å². The highest BCUT2D eigenvalue weighted by molar-refractivity contribution is 7.99. The molecule has 0 bridgehead atoms.